The smallest absolute Gasteiger partial charge is 0.124 e. The molecule has 0 bridgehead atoms. The van der Waals surface area contributed by atoms with Crippen LogP contribution < -0.4 is 10.1 Å². The second-order valence-electron chi connectivity index (χ2n) is 4.92. The van der Waals surface area contributed by atoms with Gasteiger partial charge in [0.1, 0.15) is 5.75 Å². The predicted octanol–water partition coefficient (Wildman–Crippen LogP) is 3.25. The van der Waals surface area contributed by atoms with Crippen molar-refractivity contribution >= 4 is 11.7 Å². The van der Waals surface area contributed by atoms with E-state index in [2.05, 4.69) is 47.0 Å². The average Bonchev–Trinajstić information content (AvgIpc) is 2.94. The molecule has 0 saturated carbocycles. The Kier molecular flexibility index (Phi) is 5.09. The molecule has 0 fully saturated rings. The first-order valence-corrected chi connectivity index (χ1v) is 7.56. The molecule has 1 unspecified atom stereocenters. The van der Waals surface area contributed by atoms with Crippen molar-refractivity contribution in [3.05, 3.63) is 40.7 Å². The Morgan fingerprint density at radius 1 is 1.35 bits per heavy atom. The molecule has 0 aliphatic heterocycles. The maximum Gasteiger partial charge on any atom is 0.124 e. The third-order valence-electron chi connectivity index (χ3n) is 3.27. The first kappa shape index (κ1) is 14.9. The Labute approximate surface area is 124 Å². The minimum atomic E-state index is 0.0317. The van der Waals surface area contributed by atoms with Gasteiger partial charge in [0.15, 0.2) is 0 Å². The number of nitrogens with zero attached hydrogens (tertiary/aromatic N) is 2. The highest BCUT2D eigenvalue weighted by Gasteiger charge is 2.22. The summed E-state index contributed by atoms with van der Waals surface area (Å²) in [5.74, 6) is 0.907. The predicted molar refractivity (Wildman–Crippen MR) is 82.5 cm³/mol. The van der Waals surface area contributed by atoms with Crippen LogP contribution in [0, 0.1) is 13.8 Å². The number of aryl methyl sites for hydroxylation is 2. The van der Waals surface area contributed by atoms with Crippen molar-refractivity contribution in [2.75, 3.05) is 13.7 Å². The number of ether oxygens (including phenoxy) is 1. The van der Waals surface area contributed by atoms with E-state index >= 15 is 0 Å². The Bertz CT molecular complexity index is 554. The summed E-state index contributed by atoms with van der Waals surface area (Å²) >= 11 is 1.24. The van der Waals surface area contributed by atoms with Crippen LogP contribution in [0.5, 0.6) is 5.75 Å². The summed E-state index contributed by atoms with van der Waals surface area (Å²) in [6, 6.07) is 4.28. The van der Waals surface area contributed by atoms with Gasteiger partial charge in [-0.15, -0.1) is 0 Å². The molecule has 2 aromatic rings. The third kappa shape index (κ3) is 3.16. The van der Waals surface area contributed by atoms with Gasteiger partial charge >= 0.3 is 0 Å². The number of nitrogens with one attached hydrogen (secondary N) is 1. The molecule has 4 nitrogen and oxygen atoms in total. The van der Waals surface area contributed by atoms with Gasteiger partial charge in [0, 0.05) is 5.56 Å². The van der Waals surface area contributed by atoms with Crippen LogP contribution >= 0.6 is 11.7 Å². The van der Waals surface area contributed by atoms with Crippen molar-refractivity contribution in [3.63, 3.8) is 0 Å². The molecular weight excluding hydrogens is 270 g/mol. The number of benzene rings is 1. The fourth-order valence-corrected chi connectivity index (χ4v) is 2.87. The summed E-state index contributed by atoms with van der Waals surface area (Å²) in [7, 11) is 1.72. The Balaban J connectivity index is 2.48. The van der Waals surface area contributed by atoms with E-state index in [1.54, 1.807) is 7.11 Å². The van der Waals surface area contributed by atoms with Crippen LogP contribution in [0.25, 0.3) is 0 Å². The third-order valence-corrected chi connectivity index (χ3v) is 3.77. The van der Waals surface area contributed by atoms with Crippen LogP contribution in [0.4, 0.5) is 0 Å². The van der Waals surface area contributed by atoms with E-state index in [9.17, 15) is 0 Å². The largest absolute Gasteiger partial charge is 0.496 e. The average molecular weight is 291 g/mol. The summed E-state index contributed by atoms with van der Waals surface area (Å²) in [5, 5.41) is 3.55. The zero-order valence-corrected chi connectivity index (χ0v) is 13.3. The molecule has 1 atom stereocenters. The van der Waals surface area contributed by atoms with Gasteiger partial charge < -0.3 is 10.1 Å². The van der Waals surface area contributed by atoms with Gasteiger partial charge in [-0.2, -0.15) is 8.75 Å². The summed E-state index contributed by atoms with van der Waals surface area (Å²) in [5.41, 5.74) is 4.52. The van der Waals surface area contributed by atoms with E-state index in [0.29, 0.717) is 0 Å². The summed E-state index contributed by atoms with van der Waals surface area (Å²) in [6.45, 7) is 7.28. The van der Waals surface area contributed by atoms with Crippen molar-refractivity contribution in [1.29, 1.82) is 0 Å². The highest BCUT2D eigenvalue weighted by molar-refractivity contribution is 6.99. The normalized spacial score (nSPS) is 12.4. The van der Waals surface area contributed by atoms with Crippen LogP contribution in [0.2, 0.25) is 0 Å². The van der Waals surface area contributed by atoms with Gasteiger partial charge in [-0.05, 0) is 44.0 Å². The topological polar surface area (TPSA) is 47.0 Å². The molecule has 0 amide bonds. The van der Waals surface area contributed by atoms with Crippen molar-refractivity contribution in [1.82, 2.24) is 14.1 Å². The van der Waals surface area contributed by atoms with Gasteiger partial charge in [0.05, 0.1) is 36.8 Å². The first-order valence-electron chi connectivity index (χ1n) is 6.83. The van der Waals surface area contributed by atoms with E-state index in [4.69, 9.17) is 4.74 Å². The molecule has 1 heterocycles. The molecule has 20 heavy (non-hydrogen) atoms. The van der Waals surface area contributed by atoms with Gasteiger partial charge in [0.2, 0.25) is 0 Å². The van der Waals surface area contributed by atoms with Crippen LogP contribution in [-0.4, -0.2) is 22.4 Å². The Hall–Kier alpha value is -1.46. The van der Waals surface area contributed by atoms with E-state index in [1.807, 2.05) is 6.20 Å². The van der Waals surface area contributed by atoms with Crippen LogP contribution in [0.3, 0.4) is 0 Å². The molecule has 0 saturated heterocycles. The summed E-state index contributed by atoms with van der Waals surface area (Å²) in [6.07, 6.45) is 2.90. The zero-order valence-electron chi connectivity index (χ0n) is 12.4. The number of rotatable bonds is 6. The van der Waals surface area contributed by atoms with Crippen LogP contribution in [0.1, 0.15) is 41.8 Å². The maximum absolute atomic E-state index is 5.58. The standard InChI is InChI=1S/C15H21N3OS/c1-5-6-16-15(12-9-17-20-18-12)14-11(3)7-10(2)8-13(14)19-4/h7-9,15-16H,5-6H2,1-4H3. The number of hydrogen-bond donors (Lipinski definition) is 1. The Morgan fingerprint density at radius 3 is 2.75 bits per heavy atom. The van der Waals surface area contributed by atoms with E-state index in [-0.39, 0.29) is 6.04 Å². The molecule has 1 aromatic carbocycles. The molecule has 0 spiro atoms. The molecule has 108 valence electrons. The molecule has 2 rings (SSSR count). The van der Waals surface area contributed by atoms with Gasteiger partial charge in [-0.1, -0.05) is 13.0 Å². The summed E-state index contributed by atoms with van der Waals surface area (Å²) < 4.78 is 14.1. The minimum absolute atomic E-state index is 0.0317. The van der Waals surface area contributed by atoms with Crippen molar-refractivity contribution in [2.24, 2.45) is 0 Å². The van der Waals surface area contributed by atoms with Crippen molar-refractivity contribution in [2.45, 2.75) is 33.2 Å². The molecule has 5 heteroatoms. The van der Waals surface area contributed by atoms with Gasteiger partial charge in [-0.25, -0.2) is 0 Å². The second kappa shape index (κ2) is 6.81. The first-order chi connectivity index (χ1) is 9.67. The van der Waals surface area contributed by atoms with E-state index in [1.165, 1.54) is 22.9 Å². The molecular formula is C15H21N3OS. The summed E-state index contributed by atoms with van der Waals surface area (Å²) in [4.78, 5) is 0. The fraction of sp³-hybridized carbons (Fsp3) is 0.467. The monoisotopic (exact) mass is 291 g/mol. The lowest BCUT2D eigenvalue weighted by Gasteiger charge is -2.22. The molecule has 1 N–H and O–H groups in total. The highest BCUT2D eigenvalue weighted by Crippen LogP contribution is 2.33. The van der Waals surface area contributed by atoms with Crippen molar-refractivity contribution in [3.8, 4) is 5.75 Å². The van der Waals surface area contributed by atoms with Gasteiger partial charge in [0.25, 0.3) is 0 Å². The lowest BCUT2D eigenvalue weighted by atomic mass is 9.96. The van der Waals surface area contributed by atoms with E-state index < -0.39 is 0 Å². The molecule has 0 aliphatic carbocycles. The van der Waals surface area contributed by atoms with Gasteiger partial charge in [-0.3, -0.25) is 0 Å². The van der Waals surface area contributed by atoms with Crippen molar-refractivity contribution < 1.29 is 4.74 Å². The maximum atomic E-state index is 5.58. The minimum Gasteiger partial charge on any atom is -0.496 e. The molecule has 0 aliphatic rings. The zero-order chi connectivity index (χ0) is 14.5. The lowest BCUT2D eigenvalue weighted by molar-refractivity contribution is 0.402. The highest BCUT2D eigenvalue weighted by atomic mass is 32.1. The number of hydrogen-bond acceptors (Lipinski definition) is 5. The molecule has 1 aromatic heterocycles. The van der Waals surface area contributed by atoms with Crippen LogP contribution in [0.15, 0.2) is 18.3 Å². The fourth-order valence-electron chi connectivity index (χ4n) is 2.42. The SMILES string of the molecule is CCCNC(c1cnsn1)c1c(C)cc(C)cc1OC. The van der Waals surface area contributed by atoms with Crippen LogP contribution in [-0.2, 0) is 0 Å². The molecule has 0 radical (unpaired) electrons. The Morgan fingerprint density at radius 2 is 2.15 bits per heavy atom. The lowest BCUT2D eigenvalue weighted by Crippen LogP contribution is -2.24. The number of aromatic nitrogens is 2. The quantitative estimate of drug-likeness (QED) is 0.887. The number of methoxy groups -OCH3 is 1. The second-order valence-corrected chi connectivity index (χ2v) is 5.47. The van der Waals surface area contributed by atoms with E-state index in [0.717, 1.165) is 30.0 Å².